The molecule has 23 aromatic rings. The maximum absolute atomic E-state index is 9.44. The molecule has 0 saturated carbocycles. The highest BCUT2D eigenvalue weighted by molar-refractivity contribution is 9.11. The molecule has 0 amide bonds. The molecule has 129 heavy (non-hydrogen) atoms. The quantitative estimate of drug-likeness (QED) is 0.0812. The Morgan fingerprint density at radius 2 is 0.364 bits per heavy atom. The van der Waals surface area contributed by atoms with Crippen molar-refractivity contribution in [1.29, 1.82) is 0 Å². The number of halogens is 3. The van der Waals surface area contributed by atoms with Gasteiger partial charge in [0.2, 0.25) is 0 Å². The van der Waals surface area contributed by atoms with E-state index in [4.69, 9.17) is 10.0 Å². The van der Waals surface area contributed by atoms with E-state index < -0.39 is 14.2 Å². The first kappa shape index (κ1) is 87.2. The van der Waals surface area contributed by atoms with Gasteiger partial charge in [-0.05, 0) is 299 Å². The lowest BCUT2D eigenvalue weighted by Gasteiger charge is -2.13. The second-order valence-corrected chi connectivity index (χ2v) is 34.7. The van der Waals surface area contributed by atoms with E-state index in [1.165, 1.54) is 169 Å². The molecule has 0 unspecified atom stereocenters. The van der Waals surface area contributed by atoms with Crippen molar-refractivity contribution in [3.8, 4) is 89.0 Å². The van der Waals surface area contributed by atoms with Crippen molar-refractivity contribution < 1.29 is 20.1 Å². The van der Waals surface area contributed by atoms with E-state index in [1.807, 2.05) is 60.7 Å². The van der Waals surface area contributed by atoms with Gasteiger partial charge in [0.25, 0.3) is 0 Å². The van der Waals surface area contributed by atoms with Crippen molar-refractivity contribution in [2.24, 2.45) is 0 Å². The molecule has 0 fully saturated rings. The van der Waals surface area contributed by atoms with Gasteiger partial charge < -0.3 is 20.1 Å². The fourth-order valence-electron chi connectivity index (χ4n) is 17.2. The molecule has 620 valence electrons. The van der Waals surface area contributed by atoms with Crippen LogP contribution in [0.2, 0.25) is 0 Å². The number of fused-ring (bicyclic) bond motifs is 12. The Balaban J connectivity index is 0.000000121. The van der Waals surface area contributed by atoms with Crippen LogP contribution < -0.4 is 10.9 Å². The van der Waals surface area contributed by atoms with Crippen molar-refractivity contribution in [2.75, 3.05) is 0 Å². The van der Waals surface area contributed by atoms with Gasteiger partial charge in [-0.25, -0.2) is 0 Å². The summed E-state index contributed by atoms with van der Waals surface area (Å²) in [5.74, 6) is 0. The van der Waals surface area contributed by atoms with Crippen molar-refractivity contribution >= 4 is 181 Å². The minimum Gasteiger partial charge on any atom is -0.423 e. The second-order valence-electron chi connectivity index (χ2n) is 31.9. The van der Waals surface area contributed by atoms with Gasteiger partial charge in [0, 0.05) is 13.4 Å². The van der Waals surface area contributed by atoms with Gasteiger partial charge in [0.1, 0.15) is 0 Å². The molecule has 0 radical (unpaired) electrons. The zero-order valence-electron chi connectivity index (χ0n) is 69.0. The van der Waals surface area contributed by atoms with Gasteiger partial charge in [-0.15, -0.1) is 0 Å². The molecule has 0 aliphatic rings. The lowest BCUT2D eigenvalue weighted by atomic mass is 9.78. The third-order valence-corrected chi connectivity index (χ3v) is 25.3. The van der Waals surface area contributed by atoms with Crippen molar-refractivity contribution in [1.82, 2.24) is 0 Å². The Morgan fingerprint density at radius 3 is 0.705 bits per heavy atom. The fraction of sp³-hybridized carbons (Fsp3) is 0.0167. The summed E-state index contributed by atoms with van der Waals surface area (Å²) in [5.41, 5.74) is 20.2. The molecule has 0 bridgehead atoms. The molecule has 4 N–H and O–H groups in total. The third-order valence-electron chi connectivity index (χ3n) is 23.8. The zero-order chi connectivity index (χ0) is 86.3. The monoisotopic (exact) mass is 1850 g/mol. The van der Waals surface area contributed by atoms with Gasteiger partial charge >= 0.3 is 14.2 Å². The van der Waals surface area contributed by atoms with Gasteiger partial charge in [-0.1, -0.05) is 439 Å². The highest BCUT2D eigenvalue weighted by atomic mass is 79.9. The molecule has 0 aliphatic carbocycles. The summed E-state index contributed by atoms with van der Waals surface area (Å²) in [6.07, 6.45) is 0. The second kappa shape index (κ2) is 39.5. The Bertz CT molecular complexity index is 7970. The van der Waals surface area contributed by atoms with Crippen LogP contribution in [0.1, 0.15) is 14.9 Å². The molecular formula is C120H89B2Br3O4. The van der Waals surface area contributed by atoms with Gasteiger partial charge in [-0.3, -0.25) is 0 Å². The molecule has 23 aromatic carbocycles. The van der Waals surface area contributed by atoms with Crippen LogP contribution in [0, 0.1) is 0 Å². The summed E-state index contributed by atoms with van der Waals surface area (Å²) < 4.78 is 3.36. The normalized spacial score (nSPS) is 10.9. The SMILES string of the molecule is Brc1ccc2cc(-c3ccc(-c4ccc5ccccc5c4)cc3)ccc2c1.Brc1ccc2cc(Br)ccc2c1.C.C.OB(O)c1ccc(-c2ccc3ccccc3c2)cc1.OB(O)c1cccc(-c2cc3ccccc3c3ccccc23)c1.c1cc(-c2ccc3cc(-c4ccc(-c5ccc6ccccc6c5)cc4)ccc3c2)cc(-c2cc3ccccc3c3ccccc23)c1. The third kappa shape index (κ3) is 19.6. The summed E-state index contributed by atoms with van der Waals surface area (Å²) in [7, 11) is -2.87. The molecule has 0 heterocycles. The maximum atomic E-state index is 9.44. The number of hydrogen-bond donors (Lipinski definition) is 4. The molecule has 23 rings (SSSR count). The smallest absolute Gasteiger partial charge is 0.423 e. The van der Waals surface area contributed by atoms with Crippen molar-refractivity contribution in [3.05, 3.63) is 481 Å². The Kier molecular flexibility index (Phi) is 26.7. The van der Waals surface area contributed by atoms with E-state index in [0.29, 0.717) is 10.9 Å². The average molecular weight is 1860 g/mol. The first-order chi connectivity index (χ1) is 62.3. The Hall–Kier alpha value is -13.9. The first-order valence-electron chi connectivity index (χ1n) is 42.4. The van der Waals surface area contributed by atoms with Crippen LogP contribution in [0.25, 0.3) is 197 Å². The maximum Gasteiger partial charge on any atom is 0.488 e. The molecule has 0 saturated heterocycles. The summed E-state index contributed by atoms with van der Waals surface area (Å²) >= 11 is 10.4. The molecule has 4 nitrogen and oxygen atoms in total. The van der Waals surface area contributed by atoms with Crippen molar-refractivity contribution in [2.45, 2.75) is 14.9 Å². The van der Waals surface area contributed by atoms with Crippen LogP contribution in [0.15, 0.2) is 481 Å². The van der Waals surface area contributed by atoms with Crippen LogP contribution >= 0.6 is 47.8 Å². The largest absolute Gasteiger partial charge is 0.488 e. The van der Waals surface area contributed by atoms with Crippen LogP contribution in [0.3, 0.4) is 0 Å². The minimum atomic E-state index is -1.46. The predicted molar refractivity (Wildman–Crippen MR) is 567 cm³/mol. The van der Waals surface area contributed by atoms with Crippen LogP contribution in [-0.2, 0) is 0 Å². The van der Waals surface area contributed by atoms with E-state index >= 15 is 0 Å². The Morgan fingerprint density at radius 1 is 0.140 bits per heavy atom. The van der Waals surface area contributed by atoms with Gasteiger partial charge in [-0.2, -0.15) is 0 Å². The van der Waals surface area contributed by atoms with Gasteiger partial charge in [0.05, 0.1) is 0 Å². The van der Waals surface area contributed by atoms with E-state index in [0.717, 1.165) is 41.1 Å². The molecule has 0 aliphatic heterocycles. The van der Waals surface area contributed by atoms with E-state index in [-0.39, 0.29) is 14.9 Å². The molecule has 9 heteroatoms. The number of hydrogen-bond acceptors (Lipinski definition) is 4. The van der Waals surface area contributed by atoms with Crippen LogP contribution in [0.5, 0.6) is 0 Å². The predicted octanol–water partition coefficient (Wildman–Crippen LogP) is 32.2. The van der Waals surface area contributed by atoms with Gasteiger partial charge in [0.15, 0.2) is 0 Å². The highest BCUT2D eigenvalue weighted by Crippen LogP contribution is 2.41. The first-order valence-corrected chi connectivity index (χ1v) is 44.8. The molecule has 0 spiro atoms. The zero-order valence-corrected chi connectivity index (χ0v) is 73.8. The minimum absolute atomic E-state index is 0. The average Bonchev–Trinajstić information content (AvgIpc) is 0.668. The molecule has 0 aromatic heterocycles. The standard InChI is InChI=1S/C46H30.C26H17Br.C20H15BO2.C16H13BO2.C10H6Br2.2CH4/c1-2-9-34-26-36(21-20-31(34)8-1)32-16-18-33(19-17-32)37-22-23-40-28-38(24-25-39(40)27-37)35-11-7-12-41(29-35)46-30-42-10-3-4-13-43(42)44-14-5-6-15-45(44)46;27-26-14-13-24-16-23(11-12-25(24)17-26)20-7-5-19(6-8-20)22-10-9-18-3-1-2-4-21(18)15-22;22-21(23)16-8-5-7-14(12-16)20-13-15-6-1-2-9-17(15)18-10-3-4-11-19(18)20;18-17(19)16-9-7-13(8-10-16)15-6-5-12-3-1-2-4-14(12)11-15;11-9-3-1-7-5-10(12)4-2-8(7)6-9;;/h1-30H;1-17H;1-13,22-23H;1-11,18-19H;1-6H;2*1H4. The Labute approximate surface area is 778 Å². The summed E-state index contributed by atoms with van der Waals surface area (Å²) in [5, 5.41) is 62.0. The lowest BCUT2D eigenvalue weighted by molar-refractivity contribution is 0.424. The molecular weight excluding hydrogens is 1770 g/mol. The van der Waals surface area contributed by atoms with E-state index in [9.17, 15) is 10.0 Å². The van der Waals surface area contributed by atoms with Crippen molar-refractivity contribution in [3.63, 3.8) is 0 Å². The summed E-state index contributed by atoms with van der Waals surface area (Å²) in [6, 6.07) is 164. The van der Waals surface area contributed by atoms with Crippen LogP contribution in [0.4, 0.5) is 0 Å². The molecule has 0 atom stereocenters. The number of benzene rings is 23. The fourth-order valence-corrected chi connectivity index (χ4v) is 18.3. The topological polar surface area (TPSA) is 80.9 Å². The van der Waals surface area contributed by atoms with E-state index in [1.54, 1.807) is 18.2 Å². The van der Waals surface area contributed by atoms with Crippen LogP contribution in [-0.4, -0.2) is 34.3 Å². The summed E-state index contributed by atoms with van der Waals surface area (Å²) in [4.78, 5) is 0. The lowest BCUT2D eigenvalue weighted by Crippen LogP contribution is -2.29. The highest BCUT2D eigenvalue weighted by Gasteiger charge is 2.17. The summed E-state index contributed by atoms with van der Waals surface area (Å²) in [6.45, 7) is 0. The number of rotatable bonds is 10. The van der Waals surface area contributed by atoms with E-state index in [2.05, 4.69) is 436 Å².